The maximum atomic E-state index is 12.1. The second kappa shape index (κ2) is 5.76. The van der Waals surface area contributed by atoms with Gasteiger partial charge in [-0.3, -0.25) is 4.79 Å². The third-order valence-corrected chi connectivity index (χ3v) is 2.60. The zero-order chi connectivity index (χ0) is 13.0. The number of halogens is 2. The Bertz CT molecular complexity index is 394. The van der Waals surface area contributed by atoms with Crippen molar-refractivity contribution in [3.63, 3.8) is 0 Å². The zero-order valence-electron chi connectivity index (χ0n) is 9.46. The first kappa shape index (κ1) is 13.6. The van der Waals surface area contributed by atoms with Gasteiger partial charge in [0, 0.05) is 6.04 Å². The Morgan fingerprint density at radius 2 is 2.18 bits per heavy atom. The molecule has 5 nitrogen and oxygen atoms in total. The number of rotatable bonds is 5. The largest absolute Gasteiger partial charge is 0.382 e. The minimum Gasteiger partial charge on any atom is -0.382 e. The second-order valence-electron chi connectivity index (χ2n) is 3.67. The van der Waals surface area contributed by atoms with E-state index < -0.39 is 18.9 Å². The van der Waals surface area contributed by atoms with Crippen molar-refractivity contribution in [1.82, 2.24) is 9.69 Å². The third-order valence-electron chi connectivity index (χ3n) is 1.78. The Labute approximate surface area is 102 Å². The summed E-state index contributed by atoms with van der Waals surface area (Å²) in [6.07, 6.45) is -2.50. The maximum Gasteiger partial charge on any atom is 0.258 e. The van der Waals surface area contributed by atoms with Crippen molar-refractivity contribution in [2.24, 2.45) is 0 Å². The molecule has 1 heterocycles. The third kappa shape index (κ3) is 3.81. The lowest BCUT2D eigenvalue weighted by Gasteiger charge is -2.09. The predicted molar refractivity (Wildman–Crippen MR) is 63.6 cm³/mol. The number of nitrogens with two attached hydrogens (primary N) is 1. The summed E-state index contributed by atoms with van der Waals surface area (Å²) in [6, 6.07) is -0.0650. The van der Waals surface area contributed by atoms with Gasteiger partial charge in [-0.2, -0.15) is 4.37 Å². The summed E-state index contributed by atoms with van der Waals surface area (Å²) in [6.45, 7) is 3.05. The molecule has 0 aliphatic carbocycles. The molecule has 4 N–H and O–H groups in total. The van der Waals surface area contributed by atoms with Crippen molar-refractivity contribution in [3.05, 3.63) is 5.56 Å². The van der Waals surface area contributed by atoms with Gasteiger partial charge in [0.15, 0.2) is 5.82 Å². The number of hydrogen-bond donors (Lipinski definition) is 3. The highest BCUT2D eigenvalue weighted by Crippen LogP contribution is 2.26. The molecule has 1 aromatic heterocycles. The number of alkyl halides is 2. The van der Waals surface area contributed by atoms with E-state index in [4.69, 9.17) is 5.73 Å². The minimum atomic E-state index is -2.50. The van der Waals surface area contributed by atoms with Gasteiger partial charge in [0.1, 0.15) is 10.6 Å². The number of nitrogens with one attached hydrogen (secondary N) is 2. The van der Waals surface area contributed by atoms with E-state index in [2.05, 4.69) is 15.0 Å². The van der Waals surface area contributed by atoms with E-state index in [9.17, 15) is 13.6 Å². The molecule has 0 aliphatic heterocycles. The van der Waals surface area contributed by atoms with E-state index in [1.165, 1.54) is 0 Å². The summed E-state index contributed by atoms with van der Waals surface area (Å²) in [5.74, 6) is -0.368. The smallest absolute Gasteiger partial charge is 0.258 e. The van der Waals surface area contributed by atoms with E-state index >= 15 is 0 Å². The zero-order valence-corrected chi connectivity index (χ0v) is 10.3. The monoisotopic (exact) mass is 264 g/mol. The van der Waals surface area contributed by atoms with Crippen LogP contribution in [-0.4, -0.2) is 29.3 Å². The molecular weight excluding hydrogens is 250 g/mol. The van der Waals surface area contributed by atoms with Gasteiger partial charge < -0.3 is 16.4 Å². The van der Waals surface area contributed by atoms with Crippen molar-refractivity contribution in [3.8, 4) is 0 Å². The average Bonchev–Trinajstić information content (AvgIpc) is 2.55. The summed E-state index contributed by atoms with van der Waals surface area (Å²) in [7, 11) is 0. The van der Waals surface area contributed by atoms with Crippen LogP contribution in [0.5, 0.6) is 0 Å². The van der Waals surface area contributed by atoms with Crippen LogP contribution in [0.2, 0.25) is 0 Å². The molecule has 0 unspecified atom stereocenters. The lowest BCUT2D eigenvalue weighted by Crippen LogP contribution is -2.31. The van der Waals surface area contributed by atoms with E-state index in [1.807, 2.05) is 0 Å². The van der Waals surface area contributed by atoms with Crippen molar-refractivity contribution >= 4 is 28.3 Å². The Morgan fingerprint density at radius 1 is 1.53 bits per heavy atom. The Balaban J connectivity index is 2.82. The lowest BCUT2D eigenvalue weighted by molar-refractivity contribution is 0.0944. The van der Waals surface area contributed by atoms with Gasteiger partial charge in [0.2, 0.25) is 0 Å². The van der Waals surface area contributed by atoms with E-state index in [0.717, 1.165) is 11.5 Å². The average molecular weight is 264 g/mol. The number of hydrogen-bond acceptors (Lipinski definition) is 5. The Kier molecular flexibility index (Phi) is 4.62. The van der Waals surface area contributed by atoms with Crippen molar-refractivity contribution in [1.29, 1.82) is 0 Å². The Morgan fingerprint density at radius 3 is 2.71 bits per heavy atom. The number of carbonyl (C=O) groups excluding carboxylic acids is 1. The molecule has 0 radical (unpaired) electrons. The fourth-order valence-corrected chi connectivity index (χ4v) is 1.86. The van der Waals surface area contributed by atoms with Crippen LogP contribution >= 0.6 is 11.5 Å². The fraction of sp³-hybridized carbons (Fsp3) is 0.556. The summed E-state index contributed by atoms with van der Waals surface area (Å²) in [5.41, 5.74) is 5.66. The van der Waals surface area contributed by atoms with E-state index in [1.54, 1.807) is 13.8 Å². The van der Waals surface area contributed by atoms with Crippen LogP contribution in [0.15, 0.2) is 0 Å². The number of carbonyl (C=O) groups is 1. The molecule has 1 amide bonds. The molecule has 0 atom stereocenters. The predicted octanol–water partition coefficient (Wildman–Crippen LogP) is 1.54. The van der Waals surface area contributed by atoms with Crippen molar-refractivity contribution < 1.29 is 13.6 Å². The normalized spacial score (nSPS) is 10.9. The second-order valence-corrected chi connectivity index (χ2v) is 4.45. The molecule has 0 saturated heterocycles. The first-order valence-electron chi connectivity index (χ1n) is 4.99. The maximum absolute atomic E-state index is 12.1. The summed E-state index contributed by atoms with van der Waals surface area (Å²) in [4.78, 5) is 11.8. The summed E-state index contributed by atoms with van der Waals surface area (Å²) >= 11 is 0.893. The highest BCUT2D eigenvalue weighted by molar-refractivity contribution is 7.11. The van der Waals surface area contributed by atoms with Gasteiger partial charge in [-0.15, -0.1) is 0 Å². The molecule has 0 aromatic carbocycles. The van der Waals surface area contributed by atoms with Gasteiger partial charge in [-0.05, 0) is 25.4 Å². The lowest BCUT2D eigenvalue weighted by atomic mass is 10.2. The molecule has 0 spiro atoms. The standard InChI is InChI=1S/C9H14F2N4OS/c1-4(2)14-8(16)6-7(12)15-17-9(6)13-3-5(10)11/h4-5,13H,3H2,1-2H3,(H2,12,15)(H,14,16). The number of nitrogens with zero attached hydrogens (tertiary/aromatic N) is 1. The quantitative estimate of drug-likeness (QED) is 0.753. The van der Waals surface area contributed by atoms with Crippen LogP contribution in [0.1, 0.15) is 24.2 Å². The molecule has 1 rings (SSSR count). The number of nitrogen functional groups attached to an aromatic ring is 1. The molecule has 0 fully saturated rings. The van der Waals surface area contributed by atoms with E-state index in [0.29, 0.717) is 0 Å². The molecule has 0 aliphatic rings. The molecule has 96 valence electrons. The molecule has 0 saturated carbocycles. The number of anilines is 2. The van der Waals surface area contributed by atoms with E-state index in [-0.39, 0.29) is 22.4 Å². The minimum absolute atomic E-state index is 0.0462. The molecule has 0 bridgehead atoms. The fourth-order valence-electron chi connectivity index (χ4n) is 1.15. The SMILES string of the molecule is CC(C)NC(=O)c1c(N)nsc1NCC(F)F. The molecule has 1 aromatic rings. The van der Waals surface area contributed by atoms with Crippen LogP contribution in [0.3, 0.4) is 0 Å². The van der Waals surface area contributed by atoms with Crippen LogP contribution < -0.4 is 16.4 Å². The van der Waals surface area contributed by atoms with Crippen LogP contribution in [0.25, 0.3) is 0 Å². The highest BCUT2D eigenvalue weighted by atomic mass is 32.1. The molecule has 8 heteroatoms. The van der Waals surface area contributed by atoms with Crippen molar-refractivity contribution in [2.45, 2.75) is 26.3 Å². The number of amides is 1. The van der Waals surface area contributed by atoms with Crippen LogP contribution in [0, 0.1) is 0 Å². The van der Waals surface area contributed by atoms with Gasteiger partial charge in [0.25, 0.3) is 12.3 Å². The Hall–Kier alpha value is -1.44. The summed E-state index contributed by atoms with van der Waals surface area (Å²) < 4.78 is 27.9. The first-order valence-corrected chi connectivity index (χ1v) is 5.77. The van der Waals surface area contributed by atoms with Gasteiger partial charge in [-0.1, -0.05) is 0 Å². The molecule has 17 heavy (non-hydrogen) atoms. The first-order chi connectivity index (χ1) is 7.91. The summed E-state index contributed by atoms with van der Waals surface area (Å²) in [5, 5.41) is 5.35. The molecular formula is C9H14F2N4OS. The van der Waals surface area contributed by atoms with Crippen LogP contribution in [-0.2, 0) is 0 Å². The van der Waals surface area contributed by atoms with Crippen LogP contribution in [0.4, 0.5) is 19.6 Å². The van der Waals surface area contributed by atoms with Gasteiger partial charge in [0.05, 0.1) is 6.54 Å². The van der Waals surface area contributed by atoms with Crippen molar-refractivity contribution in [2.75, 3.05) is 17.6 Å². The topological polar surface area (TPSA) is 80.0 Å². The highest BCUT2D eigenvalue weighted by Gasteiger charge is 2.20. The van der Waals surface area contributed by atoms with Gasteiger partial charge >= 0.3 is 0 Å². The number of aromatic nitrogens is 1. The van der Waals surface area contributed by atoms with Gasteiger partial charge in [-0.25, -0.2) is 8.78 Å².